The number of imidazole rings is 1. The number of nitrogens with one attached hydrogen (secondary N) is 1. The molecule has 0 saturated heterocycles. The van der Waals surface area contributed by atoms with Crippen LogP contribution in [0.2, 0.25) is 0 Å². The predicted octanol–water partition coefficient (Wildman–Crippen LogP) is 2.32. The third-order valence-corrected chi connectivity index (χ3v) is 3.67. The number of hydrogen-bond acceptors (Lipinski definition) is 3. The highest BCUT2D eigenvalue weighted by atomic mass is 16.3. The Balaban J connectivity index is 2.11. The van der Waals surface area contributed by atoms with E-state index in [2.05, 4.69) is 10.3 Å². The quantitative estimate of drug-likeness (QED) is 0.860. The number of benzene rings is 1. The Hall–Kier alpha value is -2.14. The molecule has 1 unspecified atom stereocenters. The molecule has 1 aromatic carbocycles. The fourth-order valence-electron chi connectivity index (χ4n) is 2.22. The van der Waals surface area contributed by atoms with Crippen LogP contribution in [0.5, 0.6) is 0 Å². The smallest absolute Gasteiger partial charge is 0.253 e. The maximum atomic E-state index is 12.4. The number of hydrogen-bond donors (Lipinski definition) is 2. The molecule has 0 saturated carbocycles. The van der Waals surface area contributed by atoms with Crippen molar-refractivity contribution in [3.63, 3.8) is 0 Å². The summed E-state index contributed by atoms with van der Waals surface area (Å²) in [6.07, 6.45) is 5.32. The lowest BCUT2D eigenvalue weighted by Crippen LogP contribution is -2.29. The highest BCUT2D eigenvalue weighted by Gasteiger charge is 2.14. The molecule has 1 amide bonds. The second-order valence-electron chi connectivity index (χ2n) is 5.85. The molecule has 0 radical (unpaired) electrons. The summed E-state index contributed by atoms with van der Waals surface area (Å²) in [7, 11) is 0. The number of aromatic nitrogens is 2. The Kier molecular flexibility index (Phi) is 5.33. The van der Waals surface area contributed by atoms with Crippen LogP contribution in [0.15, 0.2) is 36.9 Å². The Labute approximate surface area is 131 Å². The molecule has 5 nitrogen and oxygen atoms in total. The zero-order chi connectivity index (χ0) is 16.1. The summed E-state index contributed by atoms with van der Waals surface area (Å²) in [4.78, 5) is 16.5. The number of rotatable bonds is 6. The summed E-state index contributed by atoms with van der Waals surface area (Å²) in [5.74, 6) is 0.0562. The third-order valence-electron chi connectivity index (χ3n) is 3.67. The molecule has 118 valence electrons. The Bertz CT molecular complexity index is 621. The van der Waals surface area contributed by atoms with Crippen LogP contribution in [-0.4, -0.2) is 33.2 Å². The van der Waals surface area contributed by atoms with Gasteiger partial charge in [0.25, 0.3) is 5.91 Å². The van der Waals surface area contributed by atoms with E-state index in [4.69, 9.17) is 0 Å². The van der Waals surface area contributed by atoms with Crippen LogP contribution in [0.1, 0.15) is 36.2 Å². The lowest BCUT2D eigenvalue weighted by molar-refractivity contribution is 0.0920. The zero-order valence-electron chi connectivity index (χ0n) is 13.3. The molecule has 5 heteroatoms. The van der Waals surface area contributed by atoms with Gasteiger partial charge in [0.1, 0.15) is 0 Å². The summed E-state index contributed by atoms with van der Waals surface area (Å²) >= 11 is 0. The van der Waals surface area contributed by atoms with Gasteiger partial charge in [-0.15, -0.1) is 0 Å². The van der Waals surface area contributed by atoms with Crippen molar-refractivity contribution in [1.82, 2.24) is 14.9 Å². The van der Waals surface area contributed by atoms with E-state index in [9.17, 15) is 9.90 Å². The van der Waals surface area contributed by atoms with E-state index < -0.39 is 6.10 Å². The SMILES string of the molecule is Cc1ccc(-n2ccnc2)c(C(=O)NCCC(O)C(C)C)c1. The Morgan fingerprint density at radius 3 is 2.82 bits per heavy atom. The monoisotopic (exact) mass is 301 g/mol. The standard InChI is InChI=1S/C17H23N3O2/c1-12(2)16(21)6-7-19-17(22)14-10-13(3)4-5-15(14)20-9-8-18-11-20/h4-5,8-12,16,21H,6-7H2,1-3H3,(H,19,22). The predicted molar refractivity (Wildman–Crippen MR) is 86.1 cm³/mol. The molecule has 2 aromatic rings. The summed E-state index contributed by atoms with van der Waals surface area (Å²) in [6, 6.07) is 5.74. The van der Waals surface area contributed by atoms with Gasteiger partial charge in [-0.25, -0.2) is 4.98 Å². The minimum absolute atomic E-state index is 0.136. The van der Waals surface area contributed by atoms with E-state index in [1.54, 1.807) is 12.5 Å². The molecule has 0 fully saturated rings. The normalized spacial score (nSPS) is 12.4. The van der Waals surface area contributed by atoms with Gasteiger partial charge in [-0.05, 0) is 31.4 Å². The topological polar surface area (TPSA) is 67.2 Å². The molecule has 0 spiro atoms. The lowest BCUT2D eigenvalue weighted by atomic mass is 10.0. The Morgan fingerprint density at radius 2 is 2.18 bits per heavy atom. The molecule has 1 aromatic heterocycles. The van der Waals surface area contributed by atoms with Crippen LogP contribution in [0.3, 0.4) is 0 Å². The summed E-state index contributed by atoms with van der Waals surface area (Å²) in [6.45, 7) is 6.33. The first-order valence-corrected chi connectivity index (χ1v) is 7.54. The largest absolute Gasteiger partial charge is 0.393 e. The van der Waals surface area contributed by atoms with Gasteiger partial charge >= 0.3 is 0 Å². The molecule has 0 aliphatic heterocycles. The fourth-order valence-corrected chi connectivity index (χ4v) is 2.22. The summed E-state index contributed by atoms with van der Waals surface area (Å²) in [5.41, 5.74) is 2.43. The van der Waals surface area contributed by atoms with Crippen molar-refractivity contribution in [1.29, 1.82) is 0 Å². The van der Waals surface area contributed by atoms with Crippen LogP contribution in [0.25, 0.3) is 5.69 Å². The van der Waals surface area contributed by atoms with Crippen LogP contribution in [0, 0.1) is 12.8 Å². The van der Waals surface area contributed by atoms with E-state index in [-0.39, 0.29) is 11.8 Å². The number of aryl methyl sites for hydroxylation is 1. The van der Waals surface area contributed by atoms with E-state index in [0.717, 1.165) is 11.3 Å². The second-order valence-corrected chi connectivity index (χ2v) is 5.85. The lowest BCUT2D eigenvalue weighted by Gasteiger charge is -2.15. The van der Waals surface area contributed by atoms with Crippen LogP contribution in [-0.2, 0) is 0 Å². The van der Waals surface area contributed by atoms with Gasteiger partial charge in [-0.1, -0.05) is 25.5 Å². The molecule has 2 N–H and O–H groups in total. The number of nitrogens with zero attached hydrogens (tertiary/aromatic N) is 2. The average molecular weight is 301 g/mol. The van der Waals surface area contributed by atoms with Crippen molar-refractivity contribution in [2.75, 3.05) is 6.54 Å². The van der Waals surface area contributed by atoms with E-state index in [1.807, 2.05) is 49.7 Å². The van der Waals surface area contributed by atoms with Crippen molar-refractivity contribution in [3.8, 4) is 5.69 Å². The first kappa shape index (κ1) is 16.2. The van der Waals surface area contributed by atoms with Crippen molar-refractivity contribution >= 4 is 5.91 Å². The van der Waals surface area contributed by atoms with Gasteiger partial charge in [0.05, 0.1) is 23.7 Å². The minimum atomic E-state index is -0.397. The van der Waals surface area contributed by atoms with Crippen LogP contribution in [0.4, 0.5) is 0 Å². The molecule has 0 bridgehead atoms. The van der Waals surface area contributed by atoms with Crippen molar-refractivity contribution in [2.45, 2.75) is 33.3 Å². The molecule has 1 heterocycles. The van der Waals surface area contributed by atoms with Gasteiger partial charge in [0, 0.05) is 18.9 Å². The highest BCUT2D eigenvalue weighted by molar-refractivity contribution is 5.98. The van der Waals surface area contributed by atoms with Gasteiger partial charge in [-0.3, -0.25) is 4.79 Å². The first-order chi connectivity index (χ1) is 10.5. The zero-order valence-corrected chi connectivity index (χ0v) is 13.3. The summed E-state index contributed by atoms with van der Waals surface area (Å²) in [5, 5.41) is 12.7. The van der Waals surface area contributed by atoms with Gasteiger partial charge in [0.15, 0.2) is 0 Å². The average Bonchev–Trinajstić information content (AvgIpc) is 3.00. The molecule has 0 aliphatic carbocycles. The Morgan fingerprint density at radius 1 is 1.41 bits per heavy atom. The first-order valence-electron chi connectivity index (χ1n) is 7.54. The number of aliphatic hydroxyl groups excluding tert-OH is 1. The van der Waals surface area contributed by atoms with Crippen LogP contribution >= 0.6 is 0 Å². The maximum Gasteiger partial charge on any atom is 0.253 e. The van der Waals surface area contributed by atoms with Crippen LogP contribution < -0.4 is 5.32 Å². The second kappa shape index (κ2) is 7.22. The third kappa shape index (κ3) is 3.95. The number of aliphatic hydroxyl groups is 1. The number of amides is 1. The summed E-state index contributed by atoms with van der Waals surface area (Å²) < 4.78 is 1.82. The molecule has 1 atom stereocenters. The van der Waals surface area contributed by atoms with Gasteiger partial charge in [0.2, 0.25) is 0 Å². The van der Waals surface area contributed by atoms with Crippen molar-refractivity contribution in [2.24, 2.45) is 5.92 Å². The molecular formula is C17H23N3O2. The number of carbonyl (C=O) groups is 1. The van der Waals surface area contributed by atoms with E-state index in [1.165, 1.54) is 0 Å². The van der Waals surface area contributed by atoms with E-state index in [0.29, 0.717) is 18.5 Å². The van der Waals surface area contributed by atoms with Crippen molar-refractivity contribution in [3.05, 3.63) is 48.0 Å². The van der Waals surface area contributed by atoms with Gasteiger partial charge in [-0.2, -0.15) is 0 Å². The van der Waals surface area contributed by atoms with Gasteiger partial charge < -0.3 is 15.0 Å². The molecular weight excluding hydrogens is 278 g/mol. The highest BCUT2D eigenvalue weighted by Crippen LogP contribution is 2.16. The fraction of sp³-hybridized carbons (Fsp3) is 0.412. The molecule has 22 heavy (non-hydrogen) atoms. The maximum absolute atomic E-state index is 12.4. The molecule has 0 aliphatic rings. The van der Waals surface area contributed by atoms with Crippen molar-refractivity contribution < 1.29 is 9.90 Å². The number of carbonyl (C=O) groups excluding carboxylic acids is 1. The van der Waals surface area contributed by atoms with E-state index >= 15 is 0 Å². The molecule has 2 rings (SSSR count). The minimum Gasteiger partial charge on any atom is -0.393 e.